The van der Waals surface area contributed by atoms with Crippen LogP contribution in [0, 0.1) is 17.0 Å². The summed E-state index contributed by atoms with van der Waals surface area (Å²) in [6.07, 6.45) is 1.64. The number of carbonyl (C=O) groups is 2. The molecule has 2 aromatic carbocycles. The minimum absolute atomic E-state index is 0.00977. The Morgan fingerprint density at radius 3 is 2.69 bits per heavy atom. The highest BCUT2D eigenvalue weighted by molar-refractivity contribution is 7.99. The van der Waals surface area contributed by atoms with E-state index in [1.807, 2.05) is 0 Å². The number of non-ortho nitro benzene ring substituents is 1. The van der Waals surface area contributed by atoms with Gasteiger partial charge in [-0.15, -0.1) is 16.8 Å². The molecule has 0 atom stereocenters. The van der Waals surface area contributed by atoms with Gasteiger partial charge in [0, 0.05) is 23.7 Å². The van der Waals surface area contributed by atoms with Crippen molar-refractivity contribution in [2.24, 2.45) is 0 Å². The molecule has 0 aliphatic rings. The first-order valence-electron chi connectivity index (χ1n) is 10.1. The van der Waals surface area contributed by atoms with Crippen molar-refractivity contribution in [3.8, 4) is 0 Å². The number of nitro groups is 1. The van der Waals surface area contributed by atoms with Crippen molar-refractivity contribution in [3.05, 3.63) is 86.2 Å². The number of nitrogens with zero attached hydrogens (tertiary/aromatic N) is 4. The summed E-state index contributed by atoms with van der Waals surface area (Å²) in [5.74, 6) is -0.315. The molecule has 35 heavy (non-hydrogen) atoms. The minimum atomic E-state index is -0.525. The van der Waals surface area contributed by atoms with E-state index in [4.69, 9.17) is 23.2 Å². The molecule has 0 radical (unpaired) electrons. The standard InChI is InChI=1S/C22H20Cl2N6O4S/c1-3-8-29-19(11-25-21(32)16-7-5-14(23)9-17(16)24)27-28-22(29)35-12-20(31)26-18-10-15(30(33)34)6-4-13(18)2/h3-7,9-10H,1,8,11-12H2,2H3,(H,25,32)(H,26,31). The van der Waals surface area contributed by atoms with Gasteiger partial charge in [-0.2, -0.15) is 0 Å². The number of halogens is 2. The van der Waals surface area contributed by atoms with Gasteiger partial charge < -0.3 is 15.2 Å². The predicted octanol–water partition coefficient (Wildman–Crippen LogP) is 4.65. The Balaban J connectivity index is 1.64. The van der Waals surface area contributed by atoms with E-state index in [1.54, 1.807) is 29.7 Å². The molecule has 0 spiro atoms. The molecule has 0 bridgehead atoms. The molecule has 3 aromatic rings. The number of amides is 2. The third-order valence-electron chi connectivity index (χ3n) is 4.73. The van der Waals surface area contributed by atoms with Crippen LogP contribution in [0.25, 0.3) is 0 Å². The Bertz CT molecular complexity index is 1300. The number of hydrogen-bond donors (Lipinski definition) is 2. The number of aryl methyl sites for hydroxylation is 1. The third-order valence-corrected chi connectivity index (χ3v) is 6.24. The van der Waals surface area contributed by atoms with Crippen LogP contribution in [-0.4, -0.2) is 37.3 Å². The van der Waals surface area contributed by atoms with Crippen LogP contribution in [0.5, 0.6) is 0 Å². The molecule has 10 nitrogen and oxygen atoms in total. The van der Waals surface area contributed by atoms with Gasteiger partial charge in [0.1, 0.15) is 0 Å². The van der Waals surface area contributed by atoms with Crippen molar-refractivity contribution < 1.29 is 14.5 Å². The summed E-state index contributed by atoms with van der Waals surface area (Å²) in [4.78, 5) is 35.4. The van der Waals surface area contributed by atoms with Crippen LogP contribution in [0.15, 0.2) is 54.2 Å². The van der Waals surface area contributed by atoms with Crippen LogP contribution < -0.4 is 10.6 Å². The molecule has 0 fully saturated rings. The summed E-state index contributed by atoms with van der Waals surface area (Å²) in [5, 5.41) is 25.7. The van der Waals surface area contributed by atoms with E-state index in [0.717, 1.165) is 11.8 Å². The highest BCUT2D eigenvalue weighted by Gasteiger charge is 2.17. The van der Waals surface area contributed by atoms with Crippen molar-refractivity contribution in [2.75, 3.05) is 11.1 Å². The van der Waals surface area contributed by atoms with Gasteiger partial charge in [0.25, 0.3) is 11.6 Å². The smallest absolute Gasteiger partial charge is 0.271 e. The maximum absolute atomic E-state index is 12.5. The van der Waals surface area contributed by atoms with E-state index in [9.17, 15) is 19.7 Å². The number of allylic oxidation sites excluding steroid dienone is 1. The number of hydrogen-bond acceptors (Lipinski definition) is 7. The van der Waals surface area contributed by atoms with Crippen LogP contribution in [0.1, 0.15) is 21.7 Å². The number of nitrogens with one attached hydrogen (secondary N) is 2. The maximum atomic E-state index is 12.5. The van der Waals surface area contributed by atoms with Gasteiger partial charge in [0.05, 0.1) is 33.5 Å². The Hall–Kier alpha value is -3.41. The quantitative estimate of drug-likeness (QED) is 0.167. The number of rotatable bonds is 10. The average molecular weight is 535 g/mol. The SMILES string of the molecule is C=CCn1c(CNC(=O)c2ccc(Cl)cc2Cl)nnc1SCC(=O)Nc1cc([N+](=O)[O-])ccc1C. The zero-order valence-electron chi connectivity index (χ0n) is 18.5. The van der Waals surface area contributed by atoms with E-state index in [0.29, 0.717) is 33.8 Å². The second kappa shape index (κ2) is 11.8. The fourth-order valence-corrected chi connectivity index (χ4v) is 4.23. The molecule has 0 saturated heterocycles. The van der Waals surface area contributed by atoms with Crippen molar-refractivity contribution in [1.29, 1.82) is 0 Å². The van der Waals surface area contributed by atoms with E-state index in [2.05, 4.69) is 27.4 Å². The molecule has 0 aliphatic carbocycles. The summed E-state index contributed by atoms with van der Waals surface area (Å²) in [6.45, 7) is 5.89. The molecular weight excluding hydrogens is 515 g/mol. The summed E-state index contributed by atoms with van der Waals surface area (Å²) in [6, 6.07) is 8.83. The van der Waals surface area contributed by atoms with E-state index >= 15 is 0 Å². The molecule has 13 heteroatoms. The van der Waals surface area contributed by atoms with Crippen LogP contribution >= 0.6 is 35.0 Å². The first kappa shape index (κ1) is 26.2. The second-order valence-electron chi connectivity index (χ2n) is 7.20. The molecule has 2 N–H and O–H groups in total. The number of benzene rings is 2. The zero-order valence-corrected chi connectivity index (χ0v) is 20.8. The van der Waals surface area contributed by atoms with Crippen molar-refractivity contribution in [2.45, 2.75) is 25.2 Å². The topological polar surface area (TPSA) is 132 Å². The van der Waals surface area contributed by atoms with Crippen molar-refractivity contribution in [3.63, 3.8) is 0 Å². The highest BCUT2D eigenvalue weighted by Crippen LogP contribution is 2.24. The number of anilines is 1. The third kappa shape index (κ3) is 6.81. The number of nitro benzene ring substituents is 1. The van der Waals surface area contributed by atoms with Gasteiger partial charge in [-0.1, -0.05) is 47.1 Å². The Labute approximate surface area is 214 Å². The number of aromatic nitrogens is 3. The molecule has 1 aromatic heterocycles. The van der Waals surface area contributed by atoms with E-state index in [1.165, 1.54) is 24.3 Å². The first-order chi connectivity index (χ1) is 16.7. The van der Waals surface area contributed by atoms with Gasteiger partial charge in [0.15, 0.2) is 11.0 Å². The Morgan fingerprint density at radius 1 is 1.23 bits per heavy atom. The lowest BCUT2D eigenvalue weighted by Crippen LogP contribution is -2.25. The lowest BCUT2D eigenvalue weighted by atomic mass is 10.2. The monoisotopic (exact) mass is 534 g/mol. The predicted molar refractivity (Wildman–Crippen MR) is 135 cm³/mol. The lowest BCUT2D eigenvalue weighted by molar-refractivity contribution is -0.384. The normalized spacial score (nSPS) is 10.6. The minimum Gasteiger partial charge on any atom is -0.345 e. The highest BCUT2D eigenvalue weighted by atomic mass is 35.5. The molecule has 0 saturated carbocycles. The first-order valence-corrected chi connectivity index (χ1v) is 11.9. The zero-order chi connectivity index (χ0) is 25.5. The Morgan fingerprint density at radius 2 is 2.00 bits per heavy atom. The molecule has 0 aliphatic heterocycles. The number of thioether (sulfide) groups is 1. The molecule has 2 amide bonds. The van der Waals surface area contributed by atoms with Gasteiger partial charge in [-0.3, -0.25) is 19.7 Å². The summed E-state index contributed by atoms with van der Waals surface area (Å²) >= 11 is 13.1. The van der Waals surface area contributed by atoms with Crippen LogP contribution in [-0.2, 0) is 17.9 Å². The molecule has 0 unspecified atom stereocenters. The van der Waals surface area contributed by atoms with Crippen LogP contribution in [0.4, 0.5) is 11.4 Å². The summed E-state index contributed by atoms with van der Waals surface area (Å²) in [5.41, 5.74) is 1.22. The molecule has 3 rings (SSSR count). The van der Waals surface area contributed by atoms with E-state index in [-0.39, 0.29) is 34.5 Å². The number of carbonyl (C=O) groups excluding carboxylic acids is 2. The van der Waals surface area contributed by atoms with Gasteiger partial charge in [-0.25, -0.2) is 0 Å². The summed E-state index contributed by atoms with van der Waals surface area (Å²) < 4.78 is 1.72. The van der Waals surface area contributed by atoms with Crippen molar-refractivity contribution in [1.82, 2.24) is 20.1 Å². The Kier molecular flexibility index (Phi) is 8.85. The molecule has 1 heterocycles. The fourth-order valence-electron chi connectivity index (χ4n) is 2.97. The largest absolute Gasteiger partial charge is 0.345 e. The molecular formula is C22H20Cl2N6O4S. The van der Waals surface area contributed by atoms with Gasteiger partial charge in [-0.05, 0) is 30.7 Å². The fraction of sp³-hybridized carbons (Fsp3) is 0.182. The van der Waals surface area contributed by atoms with E-state index < -0.39 is 10.8 Å². The lowest BCUT2D eigenvalue weighted by Gasteiger charge is -2.10. The maximum Gasteiger partial charge on any atom is 0.271 e. The summed E-state index contributed by atoms with van der Waals surface area (Å²) in [7, 11) is 0. The van der Waals surface area contributed by atoms with Crippen LogP contribution in [0.2, 0.25) is 10.0 Å². The molecule has 182 valence electrons. The van der Waals surface area contributed by atoms with Gasteiger partial charge >= 0.3 is 0 Å². The average Bonchev–Trinajstić information content (AvgIpc) is 3.19. The van der Waals surface area contributed by atoms with Gasteiger partial charge in [0.2, 0.25) is 5.91 Å². The van der Waals surface area contributed by atoms with Crippen LogP contribution in [0.3, 0.4) is 0 Å². The second-order valence-corrected chi connectivity index (χ2v) is 8.98. The van der Waals surface area contributed by atoms with Crippen molar-refractivity contribution >= 4 is 58.2 Å².